The van der Waals surface area contributed by atoms with Gasteiger partial charge in [-0.15, -0.1) is 0 Å². The van der Waals surface area contributed by atoms with E-state index in [1.165, 1.54) is 49.0 Å². The van der Waals surface area contributed by atoms with Crippen molar-refractivity contribution in [1.82, 2.24) is 0 Å². The first kappa shape index (κ1) is 24.4. The Kier molecular flexibility index (Phi) is 44.7. The molecular weight excluding hydrogens is 676 g/mol. The van der Waals surface area contributed by atoms with Crippen molar-refractivity contribution in [2.24, 2.45) is 0 Å². The zero-order chi connectivity index (χ0) is 7.66. The van der Waals surface area contributed by atoms with Crippen LogP contribution in [-0.4, -0.2) is 52.7 Å². The van der Waals surface area contributed by atoms with E-state index in [-0.39, 0.29) is 51.0 Å². The van der Waals surface area contributed by atoms with Crippen molar-refractivity contribution in [3.05, 3.63) is 40.2 Å². The average Bonchev–Trinajstić information content (AvgIpc) is 2.44. The summed E-state index contributed by atoms with van der Waals surface area (Å²) in [6.45, 7) is 0. The van der Waals surface area contributed by atoms with Crippen molar-refractivity contribution in [3.8, 4) is 0 Å². The second-order valence-electron chi connectivity index (χ2n) is 1.42. The van der Waals surface area contributed by atoms with Gasteiger partial charge in [-0.25, -0.2) is 12.1 Å². The Labute approximate surface area is 141 Å². The van der Waals surface area contributed by atoms with Gasteiger partial charge in [-0.3, -0.25) is 0 Å². The molecule has 0 saturated heterocycles. The van der Waals surface area contributed by atoms with Gasteiger partial charge >= 0.3 is 88.7 Å². The van der Waals surface area contributed by atoms with Gasteiger partial charge in [-0.2, -0.15) is 18.2 Å². The number of rotatable bonds is 1. The molecule has 0 spiro atoms. The Morgan fingerprint density at radius 1 is 1.23 bits per heavy atom. The summed E-state index contributed by atoms with van der Waals surface area (Å²) in [6, 6.07) is 10.0. The van der Waals surface area contributed by atoms with Crippen LogP contribution in [0.25, 0.3) is 0 Å². The van der Waals surface area contributed by atoms with Crippen LogP contribution >= 0.6 is 0 Å². The van der Waals surface area contributed by atoms with Gasteiger partial charge in [0.05, 0.1) is 0 Å². The Balaban J connectivity index is -0.0000000506. The Morgan fingerprint density at radius 2 is 1.69 bits per heavy atom. The van der Waals surface area contributed by atoms with E-state index in [9.17, 15) is 0 Å². The molecule has 0 nitrogen and oxygen atoms in total. The molecule has 0 aliphatic carbocycles. The van der Waals surface area contributed by atoms with Crippen LogP contribution in [-0.2, 0) is 26.2 Å². The first-order valence-corrected chi connectivity index (χ1v) is 6.78. The molecule has 13 heavy (non-hydrogen) atoms. The van der Waals surface area contributed by atoms with Crippen LogP contribution < -0.4 is 24.8 Å². The molecule has 0 aliphatic rings. The van der Waals surface area contributed by atoms with Crippen molar-refractivity contribution < 1.29 is 51.0 Å². The molecular formula is C8H8Bi2Cl2Zr. The van der Waals surface area contributed by atoms with Gasteiger partial charge in [0.2, 0.25) is 0 Å². The molecule has 0 saturated carbocycles. The molecule has 0 fully saturated rings. The fraction of sp³-hybridized carbons (Fsp3) is 0. The maximum absolute atomic E-state index is 2.98. The second kappa shape index (κ2) is 23.8. The van der Waals surface area contributed by atoms with Crippen molar-refractivity contribution >= 4 is 52.7 Å². The summed E-state index contributed by atoms with van der Waals surface area (Å²) in [5.41, 5.74) is 0. The number of allylic oxidation sites excluding steroid dienone is 1. The van der Waals surface area contributed by atoms with Crippen LogP contribution in [0, 0.1) is 0 Å². The van der Waals surface area contributed by atoms with Crippen LogP contribution in [0.3, 0.4) is 0 Å². The summed E-state index contributed by atoms with van der Waals surface area (Å²) in [4.78, 5) is 0. The predicted molar refractivity (Wildman–Crippen MR) is 49.1 cm³/mol. The third-order valence-electron chi connectivity index (χ3n) is 0.713. The molecule has 0 bridgehead atoms. The fourth-order valence-electron chi connectivity index (χ4n) is 0.358. The third kappa shape index (κ3) is 25.0. The van der Waals surface area contributed by atoms with E-state index in [4.69, 9.17) is 0 Å². The number of halogens is 2. The molecule has 0 aromatic heterocycles. The monoisotopic (exact) mass is 682 g/mol. The smallest absolute Gasteiger partial charge is 1.00 e. The zero-order valence-electron chi connectivity index (χ0n) is 6.74. The van der Waals surface area contributed by atoms with E-state index < -0.39 is 0 Å². The summed E-state index contributed by atoms with van der Waals surface area (Å²) < 4.78 is 5.09. The predicted octanol–water partition coefficient (Wildman–Crippen LogP) is -5.34. The maximum Gasteiger partial charge on any atom is 4.00 e. The Hall–Kier alpha value is 2.19. The molecule has 1 rings (SSSR count). The van der Waals surface area contributed by atoms with E-state index >= 15 is 0 Å². The van der Waals surface area contributed by atoms with Gasteiger partial charge in [-0.05, 0) is 0 Å². The molecule has 68 valence electrons. The molecule has 1 aromatic carbocycles. The standard InChI is InChI=1S/C5H5.C3H2.2Bi.2ClH.Zr.H/c1-2-4-5-3-1;1-3-2;;;;;;/h1-5H;1,3H;;;2*1H;;/q2*-1;;;;;+4;/p-2. The molecule has 0 atom stereocenters. The van der Waals surface area contributed by atoms with Gasteiger partial charge in [0.15, 0.2) is 0 Å². The van der Waals surface area contributed by atoms with E-state index in [1.54, 1.807) is 0 Å². The van der Waals surface area contributed by atoms with Gasteiger partial charge in [0, 0.05) is 0 Å². The molecule has 5 heteroatoms. The quantitative estimate of drug-likeness (QED) is 0.205. The summed E-state index contributed by atoms with van der Waals surface area (Å²) in [5, 5.41) is 0. The van der Waals surface area contributed by atoms with Gasteiger partial charge < -0.3 is 24.8 Å². The summed E-state index contributed by atoms with van der Waals surface area (Å²) in [7, 11) is 0. The summed E-state index contributed by atoms with van der Waals surface area (Å²) in [5.74, 6) is 0. The molecule has 0 aliphatic heterocycles. The minimum absolute atomic E-state index is 0. The molecule has 1 aromatic rings. The number of hydrogen-bond acceptors (Lipinski definition) is 0. The van der Waals surface area contributed by atoms with Crippen LogP contribution in [0.1, 0.15) is 0 Å². The van der Waals surface area contributed by atoms with Crippen LogP contribution in [0.15, 0.2) is 40.2 Å². The van der Waals surface area contributed by atoms with Crippen molar-refractivity contribution in [2.75, 3.05) is 0 Å². The minimum Gasteiger partial charge on any atom is -1.00 e. The molecule has 0 unspecified atom stereocenters. The maximum atomic E-state index is 2.98. The van der Waals surface area contributed by atoms with E-state index in [0.717, 1.165) is 0 Å². The second-order valence-corrected chi connectivity index (χ2v) is 3.72. The number of hydrogen-bond donors (Lipinski definition) is 0. The first-order chi connectivity index (χ1) is 4.91. The molecule has 0 heterocycles. The van der Waals surface area contributed by atoms with E-state index in [1.807, 2.05) is 36.4 Å². The Bertz CT molecular complexity index is 159. The molecule has 0 amide bonds. The molecule has 0 N–H and O–H groups in total. The Morgan fingerprint density at radius 3 is 1.77 bits per heavy atom. The largest absolute Gasteiger partial charge is 4.00 e. The summed E-state index contributed by atoms with van der Waals surface area (Å²) in [6.07, 6.45) is 1.99. The van der Waals surface area contributed by atoms with Gasteiger partial charge in [0.25, 0.3) is 0 Å². The summed E-state index contributed by atoms with van der Waals surface area (Å²) >= 11 is 2.42. The van der Waals surface area contributed by atoms with E-state index in [0.29, 0.717) is 0 Å². The van der Waals surface area contributed by atoms with Crippen LogP contribution in [0.4, 0.5) is 0 Å². The van der Waals surface area contributed by atoms with E-state index in [2.05, 4.69) is 7.49 Å². The molecule has 2 radical (unpaired) electrons. The van der Waals surface area contributed by atoms with Crippen molar-refractivity contribution in [3.63, 3.8) is 0 Å². The first-order valence-electron chi connectivity index (χ1n) is 2.80. The van der Waals surface area contributed by atoms with Gasteiger partial charge in [0.1, 0.15) is 0 Å². The zero-order valence-corrected chi connectivity index (χ0v) is 18.1. The van der Waals surface area contributed by atoms with Gasteiger partial charge in [-0.1, -0.05) is 0 Å². The normalized spacial score (nSPS) is 6.54. The van der Waals surface area contributed by atoms with Crippen LogP contribution in [0.5, 0.6) is 0 Å². The topological polar surface area (TPSA) is 0 Å². The fourth-order valence-corrected chi connectivity index (χ4v) is 3.19. The van der Waals surface area contributed by atoms with Crippen molar-refractivity contribution in [2.45, 2.75) is 0 Å². The average molecular weight is 684 g/mol. The van der Waals surface area contributed by atoms with Crippen LogP contribution in [0.2, 0.25) is 0 Å². The van der Waals surface area contributed by atoms with Crippen molar-refractivity contribution in [1.29, 1.82) is 0 Å². The minimum atomic E-state index is 0. The third-order valence-corrected chi connectivity index (χ3v) is 1.94. The SMILES string of the molecule is [Bi]=[C-]C=[CH][BiH].[Cl-].[Cl-].[Zr+4].c1cc[cH-]c1.